The lowest BCUT2D eigenvalue weighted by Crippen LogP contribution is -2.50. The van der Waals surface area contributed by atoms with E-state index in [1.807, 2.05) is 0 Å². The summed E-state index contributed by atoms with van der Waals surface area (Å²) in [4.78, 5) is 57.8. The molecule has 0 aliphatic carbocycles. The second kappa shape index (κ2) is 7.53. The number of carbonyl (C=O) groups excluding carboxylic acids is 4. The number of rotatable bonds is 7. The number of aliphatic carboxylic acids is 1. The minimum atomic E-state index is -1.32. The highest BCUT2D eigenvalue weighted by atomic mass is 16.4. The molecule has 1 saturated heterocycles. The Morgan fingerprint density at radius 2 is 1.95 bits per heavy atom. The van der Waals surface area contributed by atoms with Gasteiger partial charge in [0.1, 0.15) is 12.1 Å². The van der Waals surface area contributed by atoms with Crippen LogP contribution < -0.4 is 11.1 Å². The van der Waals surface area contributed by atoms with Gasteiger partial charge in [-0.3, -0.25) is 19.2 Å². The van der Waals surface area contributed by atoms with Crippen molar-refractivity contribution in [3.05, 3.63) is 0 Å². The van der Waals surface area contributed by atoms with E-state index < -0.39 is 35.7 Å². The van der Waals surface area contributed by atoms with Crippen molar-refractivity contribution in [1.82, 2.24) is 10.2 Å². The quantitative estimate of drug-likeness (QED) is 0.482. The fraction of sp³-hybridized carbons (Fsp3) is 0.615. The zero-order valence-electron chi connectivity index (χ0n) is 12.2. The molecule has 0 saturated carbocycles. The normalized spacial score (nSPS) is 18.6. The molecule has 1 aliphatic rings. The zero-order valence-corrected chi connectivity index (χ0v) is 12.2. The lowest BCUT2D eigenvalue weighted by Gasteiger charge is -2.24. The maximum atomic E-state index is 12.1. The second-order valence-electron chi connectivity index (χ2n) is 5.10. The van der Waals surface area contributed by atoms with Gasteiger partial charge in [-0.1, -0.05) is 0 Å². The molecule has 9 nitrogen and oxygen atoms in total. The molecule has 0 aromatic heterocycles. The Hall–Kier alpha value is -2.45. The summed E-state index contributed by atoms with van der Waals surface area (Å²) in [7, 11) is 0. The molecule has 9 heteroatoms. The summed E-state index contributed by atoms with van der Waals surface area (Å²) >= 11 is 0. The van der Waals surface area contributed by atoms with E-state index in [1.165, 1.54) is 11.8 Å². The van der Waals surface area contributed by atoms with Gasteiger partial charge in [-0.15, -0.1) is 0 Å². The summed E-state index contributed by atoms with van der Waals surface area (Å²) in [5, 5.41) is 11.4. The molecular formula is C13H19N3O6. The Balaban J connectivity index is 2.64. The van der Waals surface area contributed by atoms with Gasteiger partial charge in [0.25, 0.3) is 5.91 Å². The van der Waals surface area contributed by atoms with Gasteiger partial charge in [-0.25, -0.2) is 4.79 Å². The Morgan fingerprint density at radius 1 is 1.32 bits per heavy atom. The molecule has 1 rings (SSSR count). The van der Waals surface area contributed by atoms with Crippen LogP contribution in [-0.4, -0.2) is 58.1 Å². The van der Waals surface area contributed by atoms with Crippen LogP contribution in [0.1, 0.15) is 32.6 Å². The SMILES string of the molecule is CC(=O)N1CCC[C@H]1C(=O)N[C@@H](CCC(=O)C(N)=O)C(=O)O. The van der Waals surface area contributed by atoms with Crippen molar-refractivity contribution in [2.75, 3.05) is 6.54 Å². The molecule has 1 heterocycles. The van der Waals surface area contributed by atoms with Gasteiger partial charge in [0.15, 0.2) is 0 Å². The first-order valence-corrected chi connectivity index (χ1v) is 6.87. The summed E-state index contributed by atoms with van der Waals surface area (Å²) in [5.74, 6) is -4.20. The topological polar surface area (TPSA) is 147 Å². The van der Waals surface area contributed by atoms with E-state index >= 15 is 0 Å². The van der Waals surface area contributed by atoms with Crippen LogP contribution in [0.2, 0.25) is 0 Å². The van der Waals surface area contributed by atoms with Crippen LogP contribution in [0, 0.1) is 0 Å². The van der Waals surface area contributed by atoms with Gasteiger partial charge in [-0.2, -0.15) is 0 Å². The van der Waals surface area contributed by atoms with Gasteiger partial charge < -0.3 is 21.1 Å². The fourth-order valence-corrected chi connectivity index (χ4v) is 2.34. The number of likely N-dealkylation sites (tertiary alicyclic amines) is 1. The molecule has 2 atom stereocenters. The van der Waals surface area contributed by atoms with Gasteiger partial charge in [-0.05, 0) is 19.3 Å². The number of hydrogen-bond donors (Lipinski definition) is 3. The molecular weight excluding hydrogens is 294 g/mol. The van der Waals surface area contributed by atoms with Crippen LogP contribution in [0.4, 0.5) is 0 Å². The largest absolute Gasteiger partial charge is 0.480 e. The first-order valence-electron chi connectivity index (χ1n) is 6.87. The van der Waals surface area contributed by atoms with Crippen molar-refractivity contribution in [2.45, 2.75) is 44.7 Å². The van der Waals surface area contributed by atoms with Crippen LogP contribution in [-0.2, 0) is 24.0 Å². The molecule has 4 N–H and O–H groups in total. The van der Waals surface area contributed by atoms with Crippen molar-refractivity contribution < 1.29 is 29.1 Å². The summed E-state index contributed by atoms with van der Waals surface area (Å²) in [6.07, 6.45) is 0.511. The van der Waals surface area contributed by atoms with E-state index in [2.05, 4.69) is 5.32 Å². The number of hydrogen-bond acceptors (Lipinski definition) is 5. The summed E-state index contributed by atoms with van der Waals surface area (Å²) < 4.78 is 0. The van der Waals surface area contributed by atoms with E-state index in [1.54, 1.807) is 0 Å². The van der Waals surface area contributed by atoms with Crippen molar-refractivity contribution >= 4 is 29.5 Å². The third-order valence-electron chi connectivity index (χ3n) is 3.51. The number of nitrogens with two attached hydrogens (primary N) is 1. The molecule has 1 aliphatic heterocycles. The summed E-state index contributed by atoms with van der Waals surface area (Å²) in [6.45, 7) is 1.79. The zero-order chi connectivity index (χ0) is 16.9. The Morgan fingerprint density at radius 3 is 2.45 bits per heavy atom. The molecule has 0 radical (unpaired) electrons. The Bertz CT molecular complexity index is 504. The van der Waals surface area contributed by atoms with Crippen molar-refractivity contribution in [2.24, 2.45) is 5.73 Å². The molecule has 3 amide bonds. The lowest BCUT2D eigenvalue weighted by molar-refractivity contribution is -0.144. The highest BCUT2D eigenvalue weighted by Gasteiger charge is 2.34. The monoisotopic (exact) mass is 313 g/mol. The van der Waals surface area contributed by atoms with Crippen molar-refractivity contribution in [3.63, 3.8) is 0 Å². The maximum Gasteiger partial charge on any atom is 0.326 e. The van der Waals surface area contributed by atoms with Gasteiger partial charge in [0, 0.05) is 19.9 Å². The number of primary amides is 1. The highest BCUT2D eigenvalue weighted by molar-refractivity contribution is 6.35. The third-order valence-corrected chi connectivity index (χ3v) is 3.51. The van der Waals surface area contributed by atoms with Crippen LogP contribution in [0.5, 0.6) is 0 Å². The van der Waals surface area contributed by atoms with Crippen molar-refractivity contribution in [1.29, 1.82) is 0 Å². The number of carboxylic acids is 1. The molecule has 0 bridgehead atoms. The van der Waals surface area contributed by atoms with Gasteiger partial charge in [0.05, 0.1) is 0 Å². The first kappa shape index (κ1) is 17.6. The number of carboxylic acid groups (broad SMARTS) is 1. The van der Waals surface area contributed by atoms with E-state index in [-0.39, 0.29) is 18.7 Å². The number of nitrogens with zero attached hydrogens (tertiary/aromatic N) is 1. The minimum absolute atomic E-state index is 0.240. The predicted octanol–water partition coefficient (Wildman–Crippen LogP) is -1.60. The van der Waals surface area contributed by atoms with Crippen LogP contribution >= 0.6 is 0 Å². The maximum absolute atomic E-state index is 12.1. The number of nitrogens with one attached hydrogen (secondary N) is 1. The molecule has 0 spiro atoms. The predicted molar refractivity (Wildman–Crippen MR) is 73.4 cm³/mol. The number of amides is 3. The number of carbonyl (C=O) groups is 5. The Kier molecular flexibility index (Phi) is 6.02. The summed E-state index contributed by atoms with van der Waals surface area (Å²) in [5.41, 5.74) is 4.78. The molecule has 1 fully saturated rings. The second-order valence-corrected chi connectivity index (χ2v) is 5.10. The third kappa shape index (κ3) is 4.54. The van der Waals surface area contributed by atoms with Crippen LogP contribution in [0.15, 0.2) is 0 Å². The van der Waals surface area contributed by atoms with E-state index in [4.69, 9.17) is 10.8 Å². The molecule has 0 aromatic rings. The molecule has 0 unspecified atom stereocenters. The average molecular weight is 313 g/mol. The smallest absolute Gasteiger partial charge is 0.326 e. The van der Waals surface area contributed by atoms with E-state index in [0.717, 1.165) is 0 Å². The average Bonchev–Trinajstić information content (AvgIpc) is 2.91. The van der Waals surface area contributed by atoms with E-state index in [9.17, 15) is 24.0 Å². The molecule has 22 heavy (non-hydrogen) atoms. The van der Waals surface area contributed by atoms with Gasteiger partial charge in [0.2, 0.25) is 17.6 Å². The summed E-state index contributed by atoms with van der Waals surface area (Å²) in [6, 6.07) is -2.02. The lowest BCUT2D eigenvalue weighted by atomic mass is 10.1. The molecule has 0 aromatic carbocycles. The number of ketones is 1. The first-order chi connectivity index (χ1) is 10.2. The fourth-order valence-electron chi connectivity index (χ4n) is 2.34. The van der Waals surface area contributed by atoms with Crippen LogP contribution in [0.25, 0.3) is 0 Å². The van der Waals surface area contributed by atoms with Crippen molar-refractivity contribution in [3.8, 4) is 0 Å². The van der Waals surface area contributed by atoms with Crippen LogP contribution in [0.3, 0.4) is 0 Å². The highest BCUT2D eigenvalue weighted by Crippen LogP contribution is 2.17. The van der Waals surface area contributed by atoms with Gasteiger partial charge >= 0.3 is 5.97 Å². The Labute approximate surface area is 126 Å². The minimum Gasteiger partial charge on any atom is -0.480 e. The standard InChI is InChI=1S/C13H19N3O6/c1-7(17)16-6-2-3-9(16)12(20)15-8(13(21)22)4-5-10(18)11(14)19/h8-9H,2-6H2,1H3,(H2,14,19)(H,15,20)(H,21,22)/t8-,9-/m0/s1. The number of Topliss-reactive ketones (excluding diaryl/α,β-unsaturated/α-hetero) is 1. The molecule has 122 valence electrons. The van der Waals surface area contributed by atoms with E-state index in [0.29, 0.717) is 19.4 Å².